The molecule has 106 valence electrons. The second-order valence-corrected chi connectivity index (χ2v) is 5.76. The van der Waals surface area contributed by atoms with E-state index in [4.69, 9.17) is 16.3 Å². The minimum Gasteiger partial charge on any atom is -0.480 e. The van der Waals surface area contributed by atoms with E-state index < -0.39 is 11.6 Å². The van der Waals surface area contributed by atoms with Crippen molar-refractivity contribution >= 4 is 45.2 Å². The van der Waals surface area contributed by atoms with E-state index in [9.17, 15) is 8.78 Å². The van der Waals surface area contributed by atoms with Crippen LogP contribution in [0.3, 0.4) is 0 Å². The van der Waals surface area contributed by atoms with E-state index in [1.54, 1.807) is 6.07 Å². The Morgan fingerprint density at radius 1 is 1.35 bits per heavy atom. The predicted molar refractivity (Wildman–Crippen MR) is 79.3 cm³/mol. The molecule has 0 spiro atoms. The van der Waals surface area contributed by atoms with Crippen LogP contribution < -0.4 is 9.46 Å². The second kappa shape index (κ2) is 6.60. The summed E-state index contributed by atoms with van der Waals surface area (Å²) < 4.78 is 34.4. The van der Waals surface area contributed by atoms with E-state index in [0.717, 1.165) is 18.0 Å². The molecule has 1 N–H and O–H groups in total. The molecule has 0 unspecified atom stereocenters. The largest absolute Gasteiger partial charge is 0.480 e. The van der Waals surface area contributed by atoms with Gasteiger partial charge in [0.1, 0.15) is 0 Å². The molecule has 0 amide bonds. The van der Waals surface area contributed by atoms with E-state index in [2.05, 4.69) is 25.6 Å². The minimum atomic E-state index is -0.946. The number of hydrogen-bond donors (Lipinski definition) is 1. The Morgan fingerprint density at radius 2 is 2.10 bits per heavy atom. The molecule has 1 aromatic heterocycles. The van der Waals surface area contributed by atoms with Crippen molar-refractivity contribution in [2.45, 2.75) is 4.90 Å². The van der Waals surface area contributed by atoms with Gasteiger partial charge < -0.3 is 9.46 Å². The van der Waals surface area contributed by atoms with Crippen molar-refractivity contribution in [3.63, 3.8) is 0 Å². The van der Waals surface area contributed by atoms with Gasteiger partial charge in [-0.25, -0.2) is 13.8 Å². The van der Waals surface area contributed by atoms with Crippen molar-refractivity contribution in [1.29, 1.82) is 0 Å². The first kappa shape index (κ1) is 15.3. The monoisotopic (exact) mass is 380 g/mol. The lowest BCUT2D eigenvalue weighted by molar-refractivity contribution is 0.387. The smallest absolute Gasteiger partial charge is 0.228 e. The fourth-order valence-electron chi connectivity index (χ4n) is 1.36. The summed E-state index contributed by atoms with van der Waals surface area (Å²) in [6.07, 6.45) is 1.46. The molecular formula is C12H8BrClF2N2OS. The Balaban J connectivity index is 2.18. The van der Waals surface area contributed by atoms with Crippen LogP contribution in [0.5, 0.6) is 5.88 Å². The van der Waals surface area contributed by atoms with Crippen LogP contribution in [0.2, 0.25) is 5.02 Å². The van der Waals surface area contributed by atoms with E-state index in [-0.39, 0.29) is 4.47 Å². The van der Waals surface area contributed by atoms with Gasteiger partial charge in [0.05, 0.1) is 21.5 Å². The van der Waals surface area contributed by atoms with Crippen LogP contribution in [0.4, 0.5) is 14.5 Å². The molecule has 0 aliphatic carbocycles. The molecule has 1 heterocycles. The number of hydrogen-bond acceptors (Lipinski definition) is 4. The van der Waals surface area contributed by atoms with E-state index in [0.29, 0.717) is 21.5 Å². The van der Waals surface area contributed by atoms with Crippen molar-refractivity contribution in [2.75, 3.05) is 11.8 Å². The standard InChI is InChI=1S/C12H8BrClF2N2OS/c1-19-12-10(2-6(14)5-17-12)20-18-7-3-8(13)11(16)9(15)4-7/h2-5,18H,1H3. The van der Waals surface area contributed by atoms with Gasteiger partial charge in [0.15, 0.2) is 11.6 Å². The lowest BCUT2D eigenvalue weighted by Crippen LogP contribution is -1.95. The van der Waals surface area contributed by atoms with Crippen molar-refractivity contribution in [1.82, 2.24) is 4.98 Å². The topological polar surface area (TPSA) is 34.1 Å². The lowest BCUT2D eigenvalue weighted by Gasteiger charge is -2.09. The molecule has 0 bridgehead atoms. The average molecular weight is 382 g/mol. The number of anilines is 1. The molecule has 2 aromatic rings. The first-order chi connectivity index (χ1) is 9.51. The van der Waals surface area contributed by atoms with Gasteiger partial charge in [0.25, 0.3) is 0 Å². The third kappa shape index (κ3) is 3.53. The van der Waals surface area contributed by atoms with Crippen molar-refractivity contribution in [2.24, 2.45) is 0 Å². The summed E-state index contributed by atoms with van der Waals surface area (Å²) in [5.74, 6) is -1.49. The van der Waals surface area contributed by atoms with E-state index >= 15 is 0 Å². The molecule has 3 nitrogen and oxygen atoms in total. The van der Waals surface area contributed by atoms with Gasteiger partial charge in [-0.15, -0.1) is 0 Å². The number of methoxy groups -OCH3 is 1. The molecule has 1 aromatic carbocycles. The van der Waals surface area contributed by atoms with E-state index in [1.165, 1.54) is 19.4 Å². The zero-order valence-electron chi connectivity index (χ0n) is 10.1. The van der Waals surface area contributed by atoms with Crippen LogP contribution in [0.25, 0.3) is 0 Å². The van der Waals surface area contributed by atoms with Crippen molar-refractivity contribution in [3.05, 3.63) is 45.5 Å². The number of benzene rings is 1. The number of nitrogens with one attached hydrogen (secondary N) is 1. The summed E-state index contributed by atoms with van der Waals surface area (Å²) in [4.78, 5) is 4.63. The van der Waals surface area contributed by atoms with Crippen LogP contribution in [0.15, 0.2) is 33.8 Å². The highest BCUT2D eigenvalue weighted by atomic mass is 79.9. The third-order valence-electron chi connectivity index (χ3n) is 2.24. The molecule has 2 rings (SSSR count). The van der Waals surface area contributed by atoms with Crippen molar-refractivity contribution < 1.29 is 13.5 Å². The maximum atomic E-state index is 13.3. The first-order valence-electron chi connectivity index (χ1n) is 5.28. The van der Waals surface area contributed by atoms with Crippen LogP contribution in [0, 0.1) is 11.6 Å². The summed E-state index contributed by atoms with van der Waals surface area (Å²) in [6, 6.07) is 4.13. The number of ether oxygens (including phenoxy) is 1. The Morgan fingerprint density at radius 3 is 2.75 bits per heavy atom. The third-order valence-corrected chi connectivity index (χ3v) is 3.87. The second-order valence-electron chi connectivity index (χ2n) is 3.62. The molecule has 0 aliphatic heterocycles. The van der Waals surface area contributed by atoms with Crippen LogP contribution in [-0.4, -0.2) is 12.1 Å². The Hall–Kier alpha value is -1.05. The summed E-state index contributed by atoms with van der Waals surface area (Å²) in [5.41, 5.74) is 0.391. The fourth-order valence-corrected chi connectivity index (χ4v) is 2.78. The van der Waals surface area contributed by atoms with Gasteiger partial charge in [-0.3, -0.25) is 0 Å². The first-order valence-corrected chi connectivity index (χ1v) is 7.27. The Bertz CT molecular complexity index is 622. The highest BCUT2D eigenvalue weighted by Crippen LogP contribution is 2.32. The Kier molecular flexibility index (Phi) is 5.06. The average Bonchev–Trinajstić information content (AvgIpc) is 2.42. The summed E-state index contributed by atoms with van der Waals surface area (Å²) in [5, 5.41) is 0.446. The summed E-state index contributed by atoms with van der Waals surface area (Å²) in [7, 11) is 1.48. The number of aromatic nitrogens is 1. The normalized spacial score (nSPS) is 10.4. The molecule has 0 fully saturated rings. The highest BCUT2D eigenvalue weighted by Gasteiger charge is 2.10. The SMILES string of the molecule is COc1ncc(Cl)cc1SNc1cc(F)c(F)c(Br)c1. The van der Waals surface area contributed by atoms with Crippen LogP contribution in [-0.2, 0) is 0 Å². The maximum absolute atomic E-state index is 13.3. The molecule has 8 heteroatoms. The number of halogens is 4. The number of rotatable bonds is 4. The molecule has 0 atom stereocenters. The molecular weight excluding hydrogens is 374 g/mol. The minimum absolute atomic E-state index is 0.0387. The van der Waals surface area contributed by atoms with Gasteiger partial charge in [-0.2, -0.15) is 0 Å². The van der Waals surface area contributed by atoms with Gasteiger partial charge in [-0.1, -0.05) is 11.6 Å². The molecule has 0 saturated carbocycles. The fraction of sp³-hybridized carbons (Fsp3) is 0.0833. The van der Waals surface area contributed by atoms with E-state index in [1.807, 2.05) is 0 Å². The van der Waals surface area contributed by atoms with Crippen LogP contribution in [0.1, 0.15) is 0 Å². The summed E-state index contributed by atoms with van der Waals surface area (Å²) >= 11 is 9.92. The van der Waals surface area contributed by atoms with Gasteiger partial charge in [0.2, 0.25) is 5.88 Å². The highest BCUT2D eigenvalue weighted by molar-refractivity contribution is 9.10. The lowest BCUT2D eigenvalue weighted by atomic mass is 10.3. The maximum Gasteiger partial charge on any atom is 0.228 e. The van der Waals surface area contributed by atoms with Crippen molar-refractivity contribution in [3.8, 4) is 5.88 Å². The quantitative estimate of drug-likeness (QED) is 0.603. The number of pyridine rings is 1. The zero-order valence-corrected chi connectivity index (χ0v) is 13.2. The predicted octanol–water partition coefficient (Wildman–Crippen LogP) is 4.90. The zero-order chi connectivity index (χ0) is 14.7. The molecule has 0 saturated heterocycles. The Labute approximate surface area is 131 Å². The molecule has 20 heavy (non-hydrogen) atoms. The van der Waals surface area contributed by atoms with Crippen LogP contribution >= 0.6 is 39.5 Å². The molecule has 0 radical (unpaired) electrons. The van der Waals surface area contributed by atoms with Gasteiger partial charge >= 0.3 is 0 Å². The molecule has 0 aliphatic rings. The van der Waals surface area contributed by atoms with Gasteiger partial charge in [-0.05, 0) is 40.0 Å². The summed E-state index contributed by atoms with van der Waals surface area (Å²) in [6.45, 7) is 0. The number of nitrogens with zero attached hydrogens (tertiary/aromatic N) is 1. The van der Waals surface area contributed by atoms with Gasteiger partial charge in [0, 0.05) is 18.0 Å².